The lowest BCUT2D eigenvalue weighted by Gasteiger charge is -2.25. The highest BCUT2D eigenvalue weighted by Crippen LogP contribution is 2.29. The minimum Gasteiger partial charge on any atom is -0.337 e. The third-order valence-electron chi connectivity index (χ3n) is 3.54. The fraction of sp³-hybridized carbons (Fsp3) is 0.333. The lowest BCUT2D eigenvalue weighted by molar-refractivity contribution is 0.0719. The van der Waals surface area contributed by atoms with Gasteiger partial charge in [0.2, 0.25) is 0 Å². The summed E-state index contributed by atoms with van der Waals surface area (Å²) in [5.41, 5.74) is 0.0970. The van der Waals surface area contributed by atoms with Gasteiger partial charge in [-0.15, -0.1) is 11.3 Å². The Balaban J connectivity index is 1.88. The number of carbonyl (C=O) groups excluding carboxylic acids is 1. The van der Waals surface area contributed by atoms with Gasteiger partial charge in [-0.25, -0.2) is 13.8 Å². The second-order valence-corrected chi connectivity index (χ2v) is 5.85. The Bertz CT molecular complexity index is 645. The van der Waals surface area contributed by atoms with E-state index in [1.54, 1.807) is 10.3 Å². The largest absolute Gasteiger partial charge is 0.337 e. The van der Waals surface area contributed by atoms with Crippen molar-refractivity contribution in [1.82, 2.24) is 9.88 Å². The molecular formula is C15H14F2N2OS. The average molecular weight is 308 g/mol. The van der Waals surface area contributed by atoms with Crippen molar-refractivity contribution in [2.45, 2.75) is 19.3 Å². The van der Waals surface area contributed by atoms with E-state index < -0.39 is 11.6 Å². The summed E-state index contributed by atoms with van der Waals surface area (Å²) in [6, 6.07) is 3.68. The summed E-state index contributed by atoms with van der Waals surface area (Å²) in [6.45, 7) is 1.44. The smallest absolute Gasteiger partial charge is 0.273 e. The highest BCUT2D eigenvalue weighted by atomic mass is 32.1. The maximum absolute atomic E-state index is 13.7. The number of thiazole rings is 1. The van der Waals surface area contributed by atoms with Crippen LogP contribution in [0.3, 0.4) is 0 Å². The molecule has 1 aromatic carbocycles. The summed E-state index contributed by atoms with van der Waals surface area (Å²) >= 11 is 1.08. The molecule has 0 atom stereocenters. The quantitative estimate of drug-likeness (QED) is 0.847. The number of carbonyl (C=O) groups is 1. The molecule has 1 fully saturated rings. The van der Waals surface area contributed by atoms with Crippen LogP contribution in [0.15, 0.2) is 23.6 Å². The molecule has 2 aromatic rings. The monoisotopic (exact) mass is 308 g/mol. The number of likely N-dealkylation sites (tertiary alicyclic amines) is 1. The Hall–Kier alpha value is -1.82. The molecule has 21 heavy (non-hydrogen) atoms. The van der Waals surface area contributed by atoms with Crippen LogP contribution in [0.2, 0.25) is 0 Å². The third kappa shape index (κ3) is 2.81. The van der Waals surface area contributed by atoms with Gasteiger partial charge in [0.05, 0.1) is 5.56 Å². The molecule has 6 heteroatoms. The van der Waals surface area contributed by atoms with Crippen LogP contribution in [0.1, 0.15) is 29.8 Å². The topological polar surface area (TPSA) is 33.2 Å². The van der Waals surface area contributed by atoms with Crippen LogP contribution in [0.4, 0.5) is 8.78 Å². The summed E-state index contributed by atoms with van der Waals surface area (Å²) in [7, 11) is 0. The molecule has 3 nitrogen and oxygen atoms in total. The minimum absolute atomic E-state index is 0.158. The molecule has 1 aliphatic rings. The number of hydrogen-bond donors (Lipinski definition) is 0. The number of rotatable bonds is 2. The first-order valence-electron chi connectivity index (χ1n) is 6.86. The highest BCUT2D eigenvalue weighted by molar-refractivity contribution is 7.13. The third-order valence-corrected chi connectivity index (χ3v) is 4.40. The van der Waals surface area contributed by atoms with Gasteiger partial charge in [0.1, 0.15) is 22.3 Å². The number of hydrogen-bond acceptors (Lipinski definition) is 3. The molecule has 2 heterocycles. The first-order valence-corrected chi connectivity index (χ1v) is 7.74. The zero-order valence-electron chi connectivity index (χ0n) is 11.3. The maximum atomic E-state index is 13.7. The van der Waals surface area contributed by atoms with Gasteiger partial charge >= 0.3 is 0 Å². The van der Waals surface area contributed by atoms with E-state index in [0.717, 1.165) is 43.7 Å². The molecule has 0 spiro atoms. The van der Waals surface area contributed by atoms with E-state index in [1.807, 2.05) is 0 Å². The molecule has 110 valence electrons. The maximum Gasteiger partial charge on any atom is 0.273 e. The first-order chi connectivity index (χ1) is 10.2. The van der Waals surface area contributed by atoms with E-state index in [1.165, 1.54) is 18.2 Å². The number of piperidine rings is 1. The Morgan fingerprint density at radius 3 is 2.48 bits per heavy atom. The van der Waals surface area contributed by atoms with E-state index in [2.05, 4.69) is 4.98 Å². The van der Waals surface area contributed by atoms with Crippen molar-refractivity contribution in [2.24, 2.45) is 0 Å². The second kappa shape index (κ2) is 5.89. The molecule has 1 amide bonds. The van der Waals surface area contributed by atoms with Crippen molar-refractivity contribution < 1.29 is 13.6 Å². The average Bonchev–Trinajstić information content (AvgIpc) is 2.97. The van der Waals surface area contributed by atoms with Crippen LogP contribution >= 0.6 is 11.3 Å². The molecule has 3 rings (SSSR count). The molecule has 0 saturated carbocycles. The summed E-state index contributed by atoms with van der Waals surface area (Å²) in [4.78, 5) is 18.2. The van der Waals surface area contributed by atoms with Crippen molar-refractivity contribution >= 4 is 17.2 Å². The summed E-state index contributed by atoms with van der Waals surface area (Å²) in [6.07, 6.45) is 3.11. The van der Waals surface area contributed by atoms with Crippen LogP contribution in [0.5, 0.6) is 0 Å². The Morgan fingerprint density at radius 1 is 1.14 bits per heavy atom. The van der Waals surface area contributed by atoms with Crippen molar-refractivity contribution in [3.63, 3.8) is 0 Å². The molecule has 0 aliphatic carbocycles. The highest BCUT2D eigenvalue weighted by Gasteiger charge is 2.22. The molecule has 0 bridgehead atoms. The van der Waals surface area contributed by atoms with Gasteiger partial charge in [0.25, 0.3) is 5.91 Å². The predicted octanol–water partition coefficient (Wildman–Crippen LogP) is 3.71. The number of amides is 1. The number of nitrogens with zero attached hydrogens (tertiary/aromatic N) is 2. The Kier molecular flexibility index (Phi) is 3.96. The molecule has 1 aromatic heterocycles. The predicted molar refractivity (Wildman–Crippen MR) is 77.2 cm³/mol. The summed E-state index contributed by atoms with van der Waals surface area (Å²) in [5, 5.41) is 1.77. The summed E-state index contributed by atoms with van der Waals surface area (Å²) in [5.74, 6) is -1.49. The van der Waals surface area contributed by atoms with E-state index in [9.17, 15) is 13.6 Å². The van der Waals surface area contributed by atoms with Crippen molar-refractivity contribution in [2.75, 3.05) is 13.1 Å². The lowest BCUT2D eigenvalue weighted by atomic mass is 10.1. The van der Waals surface area contributed by atoms with E-state index in [4.69, 9.17) is 0 Å². The van der Waals surface area contributed by atoms with Gasteiger partial charge < -0.3 is 4.90 Å². The summed E-state index contributed by atoms with van der Waals surface area (Å²) < 4.78 is 27.5. The zero-order valence-corrected chi connectivity index (χ0v) is 12.1. The van der Waals surface area contributed by atoms with Crippen molar-refractivity contribution in [1.29, 1.82) is 0 Å². The molecule has 1 aliphatic heterocycles. The van der Waals surface area contributed by atoms with Crippen LogP contribution < -0.4 is 0 Å². The number of benzene rings is 1. The van der Waals surface area contributed by atoms with Crippen LogP contribution in [-0.4, -0.2) is 28.9 Å². The van der Waals surface area contributed by atoms with Gasteiger partial charge in [0.15, 0.2) is 0 Å². The molecule has 0 radical (unpaired) electrons. The van der Waals surface area contributed by atoms with Crippen LogP contribution in [-0.2, 0) is 0 Å². The van der Waals surface area contributed by atoms with Gasteiger partial charge in [-0.3, -0.25) is 4.79 Å². The van der Waals surface area contributed by atoms with E-state index in [0.29, 0.717) is 0 Å². The van der Waals surface area contributed by atoms with Crippen LogP contribution in [0, 0.1) is 11.6 Å². The fourth-order valence-corrected chi connectivity index (χ4v) is 3.29. The van der Waals surface area contributed by atoms with Crippen molar-refractivity contribution in [3.8, 4) is 10.6 Å². The Labute approximate surface area is 125 Å². The number of aromatic nitrogens is 1. The normalized spacial score (nSPS) is 15.2. The SMILES string of the molecule is O=C(c1csc(-c2c(F)cccc2F)n1)N1CCCCC1. The fourth-order valence-electron chi connectivity index (χ4n) is 2.45. The Morgan fingerprint density at radius 2 is 1.81 bits per heavy atom. The van der Waals surface area contributed by atoms with Crippen LogP contribution in [0.25, 0.3) is 10.6 Å². The standard InChI is InChI=1S/C15H14F2N2OS/c16-10-5-4-6-11(17)13(10)14-18-12(9-21-14)15(20)19-7-2-1-3-8-19/h4-6,9H,1-3,7-8H2. The molecular weight excluding hydrogens is 294 g/mol. The lowest BCUT2D eigenvalue weighted by Crippen LogP contribution is -2.35. The molecule has 0 N–H and O–H groups in total. The molecule has 1 saturated heterocycles. The second-order valence-electron chi connectivity index (χ2n) is 4.99. The van der Waals surface area contributed by atoms with Gasteiger partial charge in [0, 0.05) is 18.5 Å². The zero-order chi connectivity index (χ0) is 14.8. The van der Waals surface area contributed by atoms with E-state index >= 15 is 0 Å². The number of halogens is 2. The van der Waals surface area contributed by atoms with Gasteiger partial charge in [-0.2, -0.15) is 0 Å². The van der Waals surface area contributed by atoms with Crippen molar-refractivity contribution in [3.05, 3.63) is 40.9 Å². The first kappa shape index (κ1) is 14.1. The minimum atomic E-state index is -0.665. The molecule has 0 unspecified atom stereocenters. The van der Waals surface area contributed by atoms with E-state index in [-0.39, 0.29) is 22.2 Å². The van der Waals surface area contributed by atoms with Gasteiger partial charge in [-0.1, -0.05) is 6.07 Å². The van der Waals surface area contributed by atoms with Gasteiger partial charge in [-0.05, 0) is 31.4 Å².